The van der Waals surface area contributed by atoms with Crippen molar-refractivity contribution >= 4 is 23.8 Å². The highest BCUT2D eigenvalue weighted by Crippen LogP contribution is 2.40. The number of rotatable bonds is 4. The molecule has 0 fully saturated rings. The predicted molar refractivity (Wildman–Crippen MR) is 102 cm³/mol. The zero-order valence-corrected chi connectivity index (χ0v) is 15.1. The minimum absolute atomic E-state index is 0.295. The Morgan fingerprint density at radius 3 is 2.81 bits per heavy atom. The second-order valence-corrected chi connectivity index (χ2v) is 6.92. The minimum Gasteiger partial charge on any atom is -0.487 e. The van der Waals surface area contributed by atoms with Crippen molar-refractivity contribution in [3.05, 3.63) is 53.6 Å². The molecule has 0 bridgehead atoms. The van der Waals surface area contributed by atoms with Crippen LogP contribution in [0.15, 0.2) is 42.5 Å². The molecule has 1 atom stereocenters. The lowest BCUT2D eigenvalue weighted by atomic mass is 9.89. The topological polar surface area (TPSA) is 103 Å². The Morgan fingerprint density at radius 1 is 1.26 bits per heavy atom. The van der Waals surface area contributed by atoms with E-state index in [4.69, 9.17) is 10.00 Å². The van der Waals surface area contributed by atoms with E-state index >= 15 is 0 Å². The SMILES string of the molecule is CC1(C)CC(NC(=O)Nc2cccc(C#N)c2)c2cc(NC=O)ccc2O1. The van der Waals surface area contributed by atoms with E-state index in [9.17, 15) is 9.59 Å². The van der Waals surface area contributed by atoms with Crippen molar-refractivity contribution < 1.29 is 14.3 Å². The van der Waals surface area contributed by atoms with Crippen molar-refractivity contribution in [1.29, 1.82) is 5.26 Å². The normalized spacial score (nSPS) is 16.9. The first kappa shape index (κ1) is 18.3. The predicted octanol–water partition coefficient (Wildman–Crippen LogP) is 3.55. The fraction of sp³-hybridized carbons (Fsp3) is 0.250. The fourth-order valence-corrected chi connectivity index (χ4v) is 3.13. The third-order valence-corrected chi connectivity index (χ3v) is 4.25. The Balaban J connectivity index is 1.81. The lowest BCUT2D eigenvalue weighted by molar-refractivity contribution is -0.105. The van der Waals surface area contributed by atoms with Gasteiger partial charge in [-0.05, 0) is 50.2 Å². The third-order valence-electron chi connectivity index (χ3n) is 4.25. The number of hydrogen-bond donors (Lipinski definition) is 3. The van der Waals surface area contributed by atoms with E-state index in [0.717, 1.165) is 5.56 Å². The lowest BCUT2D eigenvalue weighted by Crippen LogP contribution is -2.42. The Hall–Kier alpha value is -3.53. The van der Waals surface area contributed by atoms with Crippen LogP contribution in [0.3, 0.4) is 0 Å². The van der Waals surface area contributed by atoms with Crippen molar-refractivity contribution in [1.82, 2.24) is 5.32 Å². The number of carbonyl (C=O) groups excluding carboxylic acids is 2. The number of nitriles is 1. The van der Waals surface area contributed by atoms with Gasteiger partial charge in [-0.15, -0.1) is 0 Å². The van der Waals surface area contributed by atoms with Crippen molar-refractivity contribution in [2.75, 3.05) is 10.6 Å². The van der Waals surface area contributed by atoms with Gasteiger partial charge < -0.3 is 20.7 Å². The average molecular weight is 364 g/mol. The lowest BCUT2D eigenvalue weighted by Gasteiger charge is -2.38. The fourth-order valence-electron chi connectivity index (χ4n) is 3.13. The quantitative estimate of drug-likeness (QED) is 0.722. The van der Waals surface area contributed by atoms with Crippen molar-refractivity contribution in [2.45, 2.75) is 31.9 Å². The Morgan fingerprint density at radius 2 is 2.07 bits per heavy atom. The van der Waals surface area contributed by atoms with Crippen LogP contribution < -0.4 is 20.7 Å². The van der Waals surface area contributed by atoms with Gasteiger partial charge in [-0.2, -0.15) is 5.26 Å². The zero-order chi connectivity index (χ0) is 19.4. The number of ether oxygens (including phenoxy) is 1. The standard InChI is InChI=1S/C20H20N4O3/c1-20(2)10-17(16-9-14(22-12-25)6-7-18(16)27-20)24-19(26)23-15-5-3-4-13(8-15)11-21/h3-9,12,17H,10H2,1-2H3,(H,22,25)(H2,23,24,26). The first-order valence-corrected chi connectivity index (χ1v) is 8.51. The van der Waals surface area contributed by atoms with Crippen LogP contribution in [-0.2, 0) is 4.79 Å². The van der Waals surface area contributed by atoms with E-state index in [1.807, 2.05) is 19.9 Å². The smallest absolute Gasteiger partial charge is 0.319 e. The van der Waals surface area contributed by atoms with Gasteiger partial charge in [-0.1, -0.05) is 6.07 Å². The summed E-state index contributed by atoms with van der Waals surface area (Å²) in [6.07, 6.45) is 1.17. The maximum atomic E-state index is 12.5. The number of urea groups is 1. The maximum Gasteiger partial charge on any atom is 0.319 e. The second kappa shape index (κ2) is 7.38. The van der Waals surface area contributed by atoms with Crippen LogP contribution >= 0.6 is 0 Å². The second-order valence-electron chi connectivity index (χ2n) is 6.92. The molecular weight excluding hydrogens is 344 g/mol. The first-order valence-electron chi connectivity index (χ1n) is 8.51. The van der Waals surface area contributed by atoms with Crippen LogP contribution in [-0.4, -0.2) is 18.0 Å². The summed E-state index contributed by atoms with van der Waals surface area (Å²) in [6, 6.07) is 13.4. The molecule has 0 saturated heterocycles. The molecule has 2 aromatic carbocycles. The zero-order valence-electron chi connectivity index (χ0n) is 15.1. The molecule has 0 spiro atoms. The molecule has 1 aliphatic rings. The largest absolute Gasteiger partial charge is 0.487 e. The molecule has 1 heterocycles. The monoisotopic (exact) mass is 364 g/mol. The highest BCUT2D eigenvalue weighted by atomic mass is 16.5. The van der Waals surface area contributed by atoms with Crippen molar-refractivity contribution in [3.63, 3.8) is 0 Å². The van der Waals surface area contributed by atoms with Gasteiger partial charge in [0.1, 0.15) is 11.4 Å². The highest BCUT2D eigenvalue weighted by molar-refractivity contribution is 5.89. The molecule has 0 saturated carbocycles. The molecule has 3 rings (SSSR count). The van der Waals surface area contributed by atoms with E-state index in [1.165, 1.54) is 0 Å². The first-order chi connectivity index (χ1) is 12.9. The Bertz CT molecular complexity index is 918. The summed E-state index contributed by atoms with van der Waals surface area (Å²) in [5.41, 5.74) is 1.97. The van der Waals surface area contributed by atoms with Gasteiger partial charge in [0.05, 0.1) is 17.7 Å². The summed E-state index contributed by atoms with van der Waals surface area (Å²) in [7, 11) is 0. The van der Waals surface area contributed by atoms with E-state index in [-0.39, 0.29) is 12.1 Å². The van der Waals surface area contributed by atoms with Crippen LogP contribution in [0, 0.1) is 11.3 Å². The van der Waals surface area contributed by atoms with E-state index in [2.05, 4.69) is 16.0 Å². The number of nitrogens with zero attached hydrogens (tertiary/aromatic N) is 1. The van der Waals surface area contributed by atoms with Crippen LogP contribution in [0.5, 0.6) is 5.75 Å². The Kier molecular flexibility index (Phi) is 4.99. The van der Waals surface area contributed by atoms with Crippen LogP contribution in [0.2, 0.25) is 0 Å². The summed E-state index contributed by atoms with van der Waals surface area (Å²) in [5, 5.41) is 17.3. The molecule has 1 unspecified atom stereocenters. The number of hydrogen-bond acceptors (Lipinski definition) is 4. The highest BCUT2D eigenvalue weighted by Gasteiger charge is 2.34. The molecule has 3 N–H and O–H groups in total. The van der Waals surface area contributed by atoms with Crippen LogP contribution in [0.4, 0.5) is 16.2 Å². The van der Waals surface area contributed by atoms with Gasteiger partial charge in [-0.25, -0.2) is 4.79 Å². The molecule has 1 aliphatic heterocycles. The maximum absolute atomic E-state index is 12.5. The van der Waals surface area contributed by atoms with Gasteiger partial charge in [0.15, 0.2) is 0 Å². The summed E-state index contributed by atoms with van der Waals surface area (Å²) in [4.78, 5) is 23.2. The molecule has 0 radical (unpaired) electrons. The van der Waals surface area contributed by atoms with E-state index in [0.29, 0.717) is 35.5 Å². The summed E-state index contributed by atoms with van der Waals surface area (Å²) in [6.45, 7) is 3.91. The summed E-state index contributed by atoms with van der Waals surface area (Å²) < 4.78 is 5.99. The molecule has 7 nitrogen and oxygen atoms in total. The summed E-state index contributed by atoms with van der Waals surface area (Å²) >= 11 is 0. The van der Waals surface area contributed by atoms with Gasteiger partial charge in [0, 0.05) is 23.4 Å². The van der Waals surface area contributed by atoms with Crippen LogP contribution in [0.25, 0.3) is 0 Å². The van der Waals surface area contributed by atoms with Gasteiger partial charge >= 0.3 is 6.03 Å². The van der Waals surface area contributed by atoms with E-state index < -0.39 is 5.60 Å². The molecule has 27 heavy (non-hydrogen) atoms. The number of fused-ring (bicyclic) bond motifs is 1. The number of anilines is 2. The molecule has 7 heteroatoms. The average Bonchev–Trinajstić information content (AvgIpc) is 2.62. The summed E-state index contributed by atoms with van der Waals surface area (Å²) in [5.74, 6) is 0.666. The molecule has 0 aromatic heterocycles. The molecule has 3 amide bonds. The Labute approximate surface area is 157 Å². The van der Waals surface area contributed by atoms with Gasteiger partial charge in [-0.3, -0.25) is 4.79 Å². The number of benzene rings is 2. The molecule has 0 aliphatic carbocycles. The molecule has 138 valence electrons. The van der Waals surface area contributed by atoms with Crippen LogP contribution in [0.1, 0.15) is 37.4 Å². The van der Waals surface area contributed by atoms with Gasteiger partial charge in [0.2, 0.25) is 6.41 Å². The minimum atomic E-state index is -0.453. The van der Waals surface area contributed by atoms with Crippen molar-refractivity contribution in [3.8, 4) is 11.8 Å². The molecule has 2 aromatic rings. The van der Waals surface area contributed by atoms with E-state index in [1.54, 1.807) is 42.5 Å². The number of carbonyl (C=O) groups is 2. The third kappa shape index (κ3) is 4.36. The molecular formula is C20H20N4O3. The van der Waals surface area contributed by atoms with Gasteiger partial charge in [0.25, 0.3) is 0 Å². The van der Waals surface area contributed by atoms with Crippen molar-refractivity contribution in [2.24, 2.45) is 0 Å². The number of nitrogens with one attached hydrogen (secondary N) is 3. The number of amides is 3.